The number of phosphoric ester groups is 1. The topological polar surface area (TPSA) is 91.3 Å². The van der Waals surface area contributed by atoms with Gasteiger partial charge in [0.2, 0.25) is 0 Å². The van der Waals surface area contributed by atoms with E-state index in [2.05, 4.69) is 111 Å². The van der Waals surface area contributed by atoms with Crippen molar-refractivity contribution in [2.24, 2.45) is 0 Å². The van der Waals surface area contributed by atoms with Gasteiger partial charge in [0.1, 0.15) is 19.3 Å². The predicted molar refractivity (Wildman–Crippen MR) is 261 cm³/mol. The molecule has 61 heavy (non-hydrogen) atoms. The van der Waals surface area contributed by atoms with E-state index in [0.29, 0.717) is 24.1 Å². The third-order valence-corrected chi connectivity index (χ3v) is 10.6. The van der Waals surface area contributed by atoms with Crippen molar-refractivity contribution in [3.8, 4) is 0 Å². The monoisotopic (exact) mass is 873 g/mol. The molecule has 9 heteroatoms. The summed E-state index contributed by atoms with van der Waals surface area (Å²) in [6, 6.07) is 0. The Kier molecular flexibility index (Phi) is 42.2. The molecule has 0 bridgehead atoms. The van der Waals surface area contributed by atoms with Gasteiger partial charge in [-0.2, -0.15) is 0 Å². The van der Waals surface area contributed by atoms with Gasteiger partial charge in [-0.25, -0.2) is 4.57 Å². The lowest BCUT2D eigenvalue weighted by atomic mass is 10.1. The maximum atomic E-state index is 12.7. The van der Waals surface area contributed by atoms with Crippen molar-refractivity contribution >= 4 is 13.8 Å². The molecule has 0 aromatic carbocycles. The fraction of sp³-hybridized carbons (Fsp3) is 0.673. The number of phosphoric acid groups is 1. The van der Waals surface area contributed by atoms with Gasteiger partial charge >= 0.3 is 13.8 Å². The van der Waals surface area contributed by atoms with Gasteiger partial charge in [0.25, 0.3) is 0 Å². The van der Waals surface area contributed by atoms with Crippen LogP contribution in [0.5, 0.6) is 0 Å². The predicted octanol–water partition coefficient (Wildman–Crippen LogP) is 14.6. The number of allylic oxidation sites excluding steroid dienone is 16. The summed E-state index contributed by atoms with van der Waals surface area (Å²) in [5.41, 5.74) is 0. The molecule has 0 aliphatic heterocycles. The SMILES string of the molecule is CC/C=C\C/C=C\C/C=C\C/C=C\CCCCCCCCCOCC(COP(=O)(O)OCC[N+](C)(C)C)OC(=O)CCCCCCCC/C=C\C/C=C\C/C=C\C/C=C\CC. The van der Waals surface area contributed by atoms with Gasteiger partial charge in [0.05, 0.1) is 34.4 Å². The minimum absolute atomic E-state index is 0.0773. The molecule has 0 spiro atoms. The van der Waals surface area contributed by atoms with Crippen LogP contribution in [0.25, 0.3) is 0 Å². The first-order valence-corrected chi connectivity index (χ1v) is 25.5. The average molecular weight is 873 g/mol. The van der Waals surface area contributed by atoms with E-state index in [4.69, 9.17) is 18.5 Å². The van der Waals surface area contributed by atoms with Crippen molar-refractivity contribution in [3.63, 3.8) is 0 Å². The third kappa shape index (κ3) is 48.3. The number of esters is 1. The van der Waals surface area contributed by atoms with Crippen LogP contribution in [-0.2, 0) is 27.9 Å². The van der Waals surface area contributed by atoms with Crippen molar-refractivity contribution in [2.75, 3.05) is 54.1 Å². The zero-order valence-electron chi connectivity index (χ0n) is 39.6. The van der Waals surface area contributed by atoms with Crippen LogP contribution in [0.4, 0.5) is 0 Å². The minimum atomic E-state index is -4.29. The Morgan fingerprint density at radius 3 is 1.34 bits per heavy atom. The number of likely N-dealkylation sites (N-methyl/N-ethyl adjacent to an activating group) is 1. The van der Waals surface area contributed by atoms with Crippen LogP contribution >= 0.6 is 7.82 Å². The third-order valence-electron chi connectivity index (χ3n) is 9.64. The Balaban J connectivity index is 4.26. The van der Waals surface area contributed by atoms with Crippen LogP contribution in [-0.4, -0.2) is 75.6 Å². The number of carbonyl (C=O) groups excluding carboxylic acids is 1. The molecule has 0 amide bonds. The van der Waals surface area contributed by atoms with Crippen molar-refractivity contribution in [2.45, 2.75) is 174 Å². The molecule has 0 heterocycles. The maximum Gasteiger partial charge on any atom is 0.472 e. The van der Waals surface area contributed by atoms with E-state index in [1.54, 1.807) is 0 Å². The number of carbonyl (C=O) groups is 1. The summed E-state index contributed by atoms with van der Waals surface area (Å²) >= 11 is 0. The van der Waals surface area contributed by atoms with E-state index in [9.17, 15) is 14.3 Å². The second-order valence-corrected chi connectivity index (χ2v) is 18.2. The van der Waals surface area contributed by atoms with Gasteiger partial charge < -0.3 is 18.9 Å². The number of hydrogen-bond donors (Lipinski definition) is 1. The summed E-state index contributed by atoms with van der Waals surface area (Å²) in [6.45, 7) is 5.33. The highest BCUT2D eigenvalue weighted by Crippen LogP contribution is 2.43. The first kappa shape index (κ1) is 58.4. The van der Waals surface area contributed by atoms with E-state index in [1.165, 1.54) is 44.9 Å². The molecule has 1 N–H and O–H groups in total. The molecule has 0 aliphatic carbocycles. The quantitative estimate of drug-likeness (QED) is 0.0214. The van der Waals surface area contributed by atoms with Crippen molar-refractivity contribution in [3.05, 3.63) is 97.2 Å². The molecule has 0 fully saturated rings. The van der Waals surface area contributed by atoms with E-state index in [0.717, 1.165) is 103 Å². The highest BCUT2D eigenvalue weighted by molar-refractivity contribution is 7.47. The molecule has 350 valence electrons. The minimum Gasteiger partial charge on any atom is -0.457 e. The zero-order chi connectivity index (χ0) is 44.8. The van der Waals surface area contributed by atoms with Crippen LogP contribution in [0.15, 0.2) is 97.2 Å². The van der Waals surface area contributed by atoms with E-state index >= 15 is 0 Å². The van der Waals surface area contributed by atoms with Crippen LogP contribution in [0, 0.1) is 0 Å². The first-order valence-electron chi connectivity index (χ1n) is 24.0. The maximum absolute atomic E-state index is 12.7. The number of nitrogens with zero attached hydrogens (tertiary/aromatic N) is 1. The molecule has 0 aromatic rings. The molecule has 0 aliphatic rings. The van der Waals surface area contributed by atoms with Gasteiger partial charge in [0.15, 0.2) is 0 Å². The fourth-order valence-electron chi connectivity index (χ4n) is 6.00. The van der Waals surface area contributed by atoms with E-state index in [1.807, 2.05) is 21.1 Å². The number of rotatable bonds is 43. The van der Waals surface area contributed by atoms with Gasteiger partial charge in [-0.05, 0) is 89.9 Å². The van der Waals surface area contributed by atoms with Gasteiger partial charge in [-0.15, -0.1) is 0 Å². The lowest BCUT2D eigenvalue weighted by Crippen LogP contribution is -2.37. The molecular weight excluding hydrogens is 782 g/mol. The van der Waals surface area contributed by atoms with Crippen LogP contribution < -0.4 is 0 Å². The summed E-state index contributed by atoms with van der Waals surface area (Å²) in [5.74, 6) is -0.336. The number of ether oxygens (including phenoxy) is 2. The number of quaternary nitrogens is 1. The lowest BCUT2D eigenvalue weighted by molar-refractivity contribution is -0.870. The molecule has 0 radical (unpaired) electrons. The largest absolute Gasteiger partial charge is 0.472 e. The van der Waals surface area contributed by atoms with Crippen molar-refractivity contribution in [1.29, 1.82) is 0 Å². The molecule has 2 atom stereocenters. The van der Waals surface area contributed by atoms with Crippen LogP contribution in [0.3, 0.4) is 0 Å². The molecular formula is C52H91NO7P+. The van der Waals surface area contributed by atoms with E-state index in [-0.39, 0.29) is 25.8 Å². The smallest absolute Gasteiger partial charge is 0.457 e. The molecule has 8 nitrogen and oxygen atoms in total. The van der Waals surface area contributed by atoms with Crippen molar-refractivity contribution < 1.29 is 37.3 Å². The summed E-state index contributed by atoms with van der Waals surface area (Å²) in [6.07, 6.45) is 60.1. The Bertz CT molecular complexity index is 1290. The molecule has 0 saturated carbocycles. The lowest BCUT2D eigenvalue weighted by Gasteiger charge is -2.24. The van der Waals surface area contributed by atoms with Gasteiger partial charge in [0, 0.05) is 13.0 Å². The van der Waals surface area contributed by atoms with E-state index < -0.39 is 13.9 Å². The second kappa shape index (κ2) is 44.0. The van der Waals surface area contributed by atoms with Gasteiger partial charge in [-0.3, -0.25) is 13.8 Å². The fourth-order valence-corrected chi connectivity index (χ4v) is 6.75. The normalized spacial score (nSPS) is 14.5. The Morgan fingerprint density at radius 1 is 0.508 bits per heavy atom. The highest BCUT2D eigenvalue weighted by atomic mass is 31.2. The molecule has 0 rings (SSSR count). The Morgan fingerprint density at radius 2 is 0.902 bits per heavy atom. The summed E-state index contributed by atoms with van der Waals surface area (Å²) in [4.78, 5) is 23.0. The number of hydrogen-bond acceptors (Lipinski definition) is 6. The highest BCUT2D eigenvalue weighted by Gasteiger charge is 2.26. The zero-order valence-corrected chi connectivity index (χ0v) is 40.5. The Hall–Kier alpha value is -2.58. The number of unbranched alkanes of at least 4 members (excludes halogenated alkanes) is 13. The average Bonchev–Trinajstić information content (AvgIpc) is 3.22. The first-order chi connectivity index (χ1) is 29.6. The van der Waals surface area contributed by atoms with Crippen molar-refractivity contribution in [1.82, 2.24) is 0 Å². The molecule has 0 saturated heterocycles. The second-order valence-electron chi connectivity index (χ2n) is 16.7. The molecule has 0 aromatic heterocycles. The Labute approximate surface area is 375 Å². The summed E-state index contributed by atoms with van der Waals surface area (Å²) in [7, 11) is 1.63. The molecule has 2 unspecified atom stereocenters. The summed E-state index contributed by atoms with van der Waals surface area (Å²) < 4.78 is 35.1. The van der Waals surface area contributed by atoms with Crippen LogP contribution in [0.1, 0.15) is 168 Å². The van der Waals surface area contributed by atoms with Gasteiger partial charge in [-0.1, -0.05) is 169 Å². The standard InChI is InChI=1S/C52H90NO7P/c1-6-8-10-12-14-16-18-20-22-24-26-28-30-32-34-36-38-40-42-44-47-57-49-51(50-59-61(55,56)58-48-46-53(3,4)5)60-52(54)45-43-41-39-37-35-33-31-29-27-25-23-21-19-17-15-13-11-9-7-2/h8-11,14-17,20-23,26-29,51H,6-7,12-13,18-19,24-25,30-50H2,1-5H3/p+1/b10-8-,11-9-,16-14-,17-15-,22-20-,23-21-,28-26-,29-27-. The summed E-state index contributed by atoms with van der Waals surface area (Å²) in [5, 5.41) is 0. The van der Waals surface area contributed by atoms with Crippen LogP contribution in [0.2, 0.25) is 0 Å².